The van der Waals surface area contributed by atoms with Crippen LogP contribution in [0.1, 0.15) is 39.5 Å². The molecule has 2 heterocycles. The van der Waals surface area contributed by atoms with E-state index in [0.29, 0.717) is 23.6 Å². The number of aromatic nitrogens is 4. The number of anilines is 1. The number of alkyl halides is 1. The molecule has 1 N–H and O–H groups in total. The minimum Gasteiger partial charge on any atom is -0.507 e. The van der Waals surface area contributed by atoms with Gasteiger partial charge < -0.3 is 10.0 Å². The first-order valence-corrected chi connectivity index (χ1v) is 10.0. The second-order valence-corrected chi connectivity index (χ2v) is 8.33. The van der Waals surface area contributed by atoms with E-state index in [4.69, 9.17) is 0 Å². The van der Waals surface area contributed by atoms with Gasteiger partial charge in [0.1, 0.15) is 11.9 Å². The third-order valence-corrected chi connectivity index (χ3v) is 6.40. The van der Waals surface area contributed by atoms with Crippen LogP contribution < -0.4 is 4.90 Å². The zero-order valence-electron chi connectivity index (χ0n) is 17.0. The second kappa shape index (κ2) is 7.54. The lowest BCUT2D eigenvalue weighted by molar-refractivity contribution is 0.107. The maximum atomic E-state index is 14.7. The molecular weight excluding hydrogens is 369 g/mol. The summed E-state index contributed by atoms with van der Waals surface area (Å²) in [5.41, 5.74) is 0.652. The molecule has 0 amide bonds. The maximum absolute atomic E-state index is 14.7. The third-order valence-electron chi connectivity index (χ3n) is 6.40. The Balaban J connectivity index is 1.60. The van der Waals surface area contributed by atoms with Crippen molar-refractivity contribution in [3.8, 4) is 17.1 Å². The number of rotatable bonds is 4. The third kappa shape index (κ3) is 3.73. The Hall–Kier alpha value is -2.83. The molecule has 0 unspecified atom stereocenters. The van der Waals surface area contributed by atoms with Crippen LogP contribution in [-0.2, 0) is 0 Å². The van der Waals surface area contributed by atoms with Gasteiger partial charge in [-0.3, -0.25) is 4.98 Å². The highest BCUT2D eigenvalue weighted by molar-refractivity contribution is 5.88. The van der Waals surface area contributed by atoms with Crippen LogP contribution >= 0.6 is 0 Å². The molecule has 152 valence electrons. The molecule has 0 bridgehead atoms. The first kappa shape index (κ1) is 19.5. The van der Waals surface area contributed by atoms with Gasteiger partial charge >= 0.3 is 0 Å². The van der Waals surface area contributed by atoms with Crippen LogP contribution in [0.3, 0.4) is 0 Å². The number of hydrogen-bond acceptors (Lipinski definition) is 6. The molecule has 3 atom stereocenters. The molecule has 0 aliphatic heterocycles. The average Bonchev–Trinajstić information content (AvgIpc) is 2.75. The van der Waals surface area contributed by atoms with Gasteiger partial charge in [0.25, 0.3) is 0 Å². The molecule has 1 saturated carbocycles. The molecule has 7 heteroatoms. The van der Waals surface area contributed by atoms with Crippen molar-refractivity contribution in [2.75, 3.05) is 11.9 Å². The fourth-order valence-electron chi connectivity index (χ4n) is 4.14. The first-order chi connectivity index (χ1) is 13.9. The minimum atomic E-state index is -0.890. The van der Waals surface area contributed by atoms with E-state index < -0.39 is 6.17 Å². The van der Waals surface area contributed by atoms with Gasteiger partial charge in [-0.2, -0.15) is 0 Å². The van der Waals surface area contributed by atoms with Gasteiger partial charge in [0, 0.05) is 24.8 Å². The number of pyridine rings is 1. The molecule has 2 aromatic heterocycles. The van der Waals surface area contributed by atoms with E-state index in [-0.39, 0.29) is 17.2 Å². The number of phenolic OH excluding ortho intramolecular Hbond substituents is 1. The Labute approximate surface area is 169 Å². The normalized spacial score (nSPS) is 24.6. The SMILES string of the molecule is CC[C@@]1(C)CC[C@H](F)[C@@H](N(C)c2cnc(-c3cc4ccncc4cc3O)nn2)C1. The summed E-state index contributed by atoms with van der Waals surface area (Å²) < 4.78 is 14.7. The first-order valence-electron chi connectivity index (χ1n) is 10.0. The van der Waals surface area contributed by atoms with Gasteiger partial charge in [0.05, 0.1) is 17.8 Å². The molecule has 3 aromatic rings. The number of nitrogens with zero attached hydrogens (tertiary/aromatic N) is 5. The van der Waals surface area contributed by atoms with Crippen molar-refractivity contribution < 1.29 is 9.50 Å². The lowest BCUT2D eigenvalue weighted by atomic mass is 9.71. The highest BCUT2D eigenvalue weighted by Crippen LogP contribution is 2.42. The van der Waals surface area contributed by atoms with Crippen LogP contribution in [0.2, 0.25) is 0 Å². The summed E-state index contributed by atoms with van der Waals surface area (Å²) in [7, 11) is 1.85. The lowest BCUT2D eigenvalue weighted by Gasteiger charge is -2.43. The number of benzene rings is 1. The van der Waals surface area contributed by atoms with Crippen molar-refractivity contribution >= 4 is 16.6 Å². The second-order valence-electron chi connectivity index (χ2n) is 8.33. The monoisotopic (exact) mass is 395 g/mol. The number of hydrogen-bond donors (Lipinski definition) is 1. The summed E-state index contributed by atoms with van der Waals surface area (Å²) in [6.45, 7) is 4.39. The number of fused-ring (bicyclic) bond motifs is 1. The highest BCUT2D eigenvalue weighted by Gasteiger charge is 2.39. The zero-order chi connectivity index (χ0) is 20.6. The van der Waals surface area contributed by atoms with E-state index in [1.54, 1.807) is 24.7 Å². The molecule has 4 rings (SSSR count). The van der Waals surface area contributed by atoms with E-state index in [1.807, 2.05) is 24.1 Å². The summed E-state index contributed by atoms with van der Waals surface area (Å²) in [6, 6.07) is 5.08. The Morgan fingerprint density at radius 1 is 1.24 bits per heavy atom. The van der Waals surface area contributed by atoms with Crippen LogP contribution in [0.15, 0.2) is 36.8 Å². The van der Waals surface area contributed by atoms with Crippen LogP contribution in [0.5, 0.6) is 5.75 Å². The molecule has 6 nitrogen and oxygen atoms in total. The van der Waals surface area contributed by atoms with Gasteiger partial charge in [-0.1, -0.05) is 20.3 Å². The topological polar surface area (TPSA) is 75.0 Å². The van der Waals surface area contributed by atoms with Crippen molar-refractivity contribution in [1.82, 2.24) is 20.2 Å². The number of halogens is 1. The Morgan fingerprint density at radius 3 is 2.79 bits per heavy atom. The molecular formula is C22H26FN5O. The fourth-order valence-corrected chi connectivity index (χ4v) is 4.14. The van der Waals surface area contributed by atoms with Gasteiger partial charge in [-0.15, -0.1) is 10.2 Å². The van der Waals surface area contributed by atoms with Crippen molar-refractivity contribution in [2.24, 2.45) is 5.41 Å². The smallest absolute Gasteiger partial charge is 0.185 e. The van der Waals surface area contributed by atoms with Crippen LogP contribution in [-0.4, -0.2) is 44.5 Å². The summed E-state index contributed by atoms with van der Waals surface area (Å²) >= 11 is 0. The predicted molar refractivity (Wildman–Crippen MR) is 112 cm³/mol. The molecule has 1 fully saturated rings. The molecule has 0 spiro atoms. The van der Waals surface area contributed by atoms with Crippen LogP contribution in [0.4, 0.5) is 10.2 Å². The van der Waals surface area contributed by atoms with E-state index in [2.05, 4.69) is 34.0 Å². The summed E-state index contributed by atoms with van der Waals surface area (Å²) in [5.74, 6) is 0.937. The zero-order valence-corrected chi connectivity index (χ0v) is 17.0. The molecule has 1 aliphatic carbocycles. The average molecular weight is 395 g/mol. The summed E-state index contributed by atoms with van der Waals surface area (Å²) in [6.07, 6.45) is 7.39. The minimum absolute atomic E-state index is 0.0724. The Bertz CT molecular complexity index is 1010. The summed E-state index contributed by atoms with van der Waals surface area (Å²) in [5, 5.41) is 20.6. The van der Waals surface area contributed by atoms with Crippen LogP contribution in [0.25, 0.3) is 22.2 Å². The molecule has 1 aromatic carbocycles. The van der Waals surface area contributed by atoms with E-state index in [0.717, 1.165) is 30.0 Å². The molecule has 0 radical (unpaired) electrons. The highest BCUT2D eigenvalue weighted by atomic mass is 19.1. The van der Waals surface area contributed by atoms with E-state index in [1.165, 1.54) is 0 Å². The van der Waals surface area contributed by atoms with Crippen molar-refractivity contribution in [3.63, 3.8) is 0 Å². The van der Waals surface area contributed by atoms with Gasteiger partial charge in [-0.05, 0) is 48.3 Å². The van der Waals surface area contributed by atoms with Crippen molar-refractivity contribution in [3.05, 3.63) is 36.8 Å². The number of aromatic hydroxyl groups is 1. The Morgan fingerprint density at radius 2 is 2.07 bits per heavy atom. The standard InChI is InChI=1S/C22H26FN5O/c1-4-22(2)7-5-17(23)18(11-22)28(3)20-13-25-21(27-26-20)16-9-14-6-8-24-12-15(14)10-19(16)29/h6,8-10,12-13,17-18,29H,4-5,7,11H2,1-3H3/t17-,18-,22-/m0/s1. The van der Waals surface area contributed by atoms with E-state index >= 15 is 0 Å². The Kier molecular flexibility index (Phi) is 5.06. The number of phenols is 1. The molecule has 1 aliphatic rings. The quantitative estimate of drug-likeness (QED) is 0.699. The maximum Gasteiger partial charge on any atom is 0.185 e. The van der Waals surface area contributed by atoms with Gasteiger partial charge in [0.2, 0.25) is 0 Å². The van der Waals surface area contributed by atoms with Gasteiger partial charge in [0.15, 0.2) is 11.6 Å². The van der Waals surface area contributed by atoms with Crippen molar-refractivity contribution in [2.45, 2.75) is 51.7 Å². The van der Waals surface area contributed by atoms with Crippen LogP contribution in [0, 0.1) is 5.41 Å². The van der Waals surface area contributed by atoms with Crippen molar-refractivity contribution in [1.29, 1.82) is 0 Å². The predicted octanol–water partition coefficient (Wildman–Crippen LogP) is 4.54. The lowest BCUT2D eigenvalue weighted by Crippen LogP contribution is -2.47. The van der Waals surface area contributed by atoms with E-state index in [9.17, 15) is 9.50 Å². The largest absolute Gasteiger partial charge is 0.507 e. The molecule has 29 heavy (non-hydrogen) atoms. The fraction of sp³-hybridized carbons (Fsp3) is 0.455. The van der Waals surface area contributed by atoms with Gasteiger partial charge in [-0.25, -0.2) is 9.37 Å². The molecule has 0 saturated heterocycles. The summed E-state index contributed by atoms with van der Waals surface area (Å²) in [4.78, 5) is 10.3.